The van der Waals surface area contributed by atoms with E-state index in [9.17, 15) is 9.59 Å². The van der Waals surface area contributed by atoms with Gasteiger partial charge in [0.2, 0.25) is 0 Å². The van der Waals surface area contributed by atoms with Crippen LogP contribution in [-0.2, 0) is 29.0 Å². The molecule has 0 saturated heterocycles. The lowest BCUT2D eigenvalue weighted by atomic mass is 10.0. The number of ether oxygens (including phenoxy) is 1. The molecule has 1 atom stereocenters. The molecule has 2 heterocycles. The molecule has 0 amide bonds. The van der Waals surface area contributed by atoms with Crippen molar-refractivity contribution in [1.82, 2.24) is 4.57 Å². The van der Waals surface area contributed by atoms with Gasteiger partial charge in [0.05, 0.1) is 7.11 Å². The number of hydrogen-bond acceptors (Lipinski definition) is 4. The maximum Gasteiger partial charge on any atom is 0.328 e. The van der Waals surface area contributed by atoms with Crippen molar-refractivity contribution in [3.63, 3.8) is 0 Å². The van der Waals surface area contributed by atoms with Crippen LogP contribution in [-0.4, -0.2) is 39.9 Å². The first kappa shape index (κ1) is 21.5. The fourth-order valence-electron chi connectivity index (χ4n) is 3.56. The molecule has 3 rings (SSSR count). The zero-order chi connectivity index (χ0) is 20.7. The maximum absolute atomic E-state index is 9.55. The highest BCUT2D eigenvalue weighted by Gasteiger charge is 2.19. The number of hydrogen-bond donors (Lipinski definition) is 3. The van der Waals surface area contributed by atoms with Gasteiger partial charge in [0.1, 0.15) is 5.75 Å². The average Bonchev–Trinajstić information content (AvgIpc) is 2.79. The van der Waals surface area contributed by atoms with Crippen LogP contribution in [0.25, 0.3) is 10.9 Å². The van der Waals surface area contributed by atoms with Crippen molar-refractivity contribution in [3.8, 4) is 5.75 Å². The standard InChI is InChI=1S/C17H24N2O.C4H4O4/c1-12(18)10-14-15-11-13(20-2)7-8-17(15)19-9-5-3-4-6-16(14)19;5-3(6)1-2-4(7)8/h7-8,11-12H,3-6,9-10,18H2,1-2H3;1-2H,(H,5,6)(H,7,8)/b;2-1+. The normalized spacial score (nSPS) is 14.7. The summed E-state index contributed by atoms with van der Waals surface area (Å²) in [4.78, 5) is 19.1. The van der Waals surface area contributed by atoms with Crippen LogP contribution in [0.2, 0.25) is 0 Å². The second kappa shape index (κ2) is 9.94. The van der Waals surface area contributed by atoms with Gasteiger partial charge < -0.3 is 25.3 Å². The SMILES string of the molecule is COc1ccc2c(c1)c(CC(C)N)c1n2CCCCC1.O=C(O)/C=C/C(=O)O. The quantitative estimate of drug-likeness (QED) is 0.679. The van der Waals surface area contributed by atoms with Crippen molar-refractivity contribution < 1.29 is 24.5 Å². The highest BCUT2D eigenvalue weighted by molar-refractivity contribution is 5.89. The number of nitrogens with zero attached hydrogens (tertiary/aromatic N) is 1. The minimum atomic E-state index is -1.26. The van der Waals surface area contributed by atoms with Crippen LogP contribution in [0.4, 0.5) is 0 Å². The summed E-state index contributed by atoms with van der Waals surface area (Å²) < 4.78 is 7.91. The molecule has 1 unspecified atom stereocenters. The number of benzene rings is 1. The van der Waals surface area contributed by atoms with Crippen molar-refractivity contribution in [2.24, 2.45) is 5.73 Å². The molecular weight excluding hydrogens is 360 g/mol. The van der Waals surface area contributed by atoms with E-state index < -0.39 is 11.9 Å². The lowest BCUT2D eigenvalue weighted by molar-refractivity contribution is -0.134. The summed E-state index contributed by atoms with van der Waals surface area (Å²) in [5.74, 6) is -1.58. The molecule has 28 heavy (non-hydrogen) atoms. The summed E-state index contributed by atoms with van der Waals surface area (Å²) in [6, 6.07) is 6.64. The third-order valence-electron chi connectivity index (χ3n) is 4.68. The summed E-state index contributed by atoms with van der Waals surface area (Å²) in [6.07, 6.45) is 7.15. The number of carboxylic acids is 2. The Morgan fingerprint density at radius 3 is 2.46 bits per heavy atom. The Morgan fingerprint density at radius 2 is 1.89 bits per heavy atom. The van der Waals surface area contributed by atoms with Crippen LogP contribution < -0.4 is 10.5 Å². The van der Waals surface area contributed by atoms with Crippen LogP contribution in [0.3, 0.4) is 0 Å². The van der Waals surface area contributed by atoms with Crippen molar-refractivity contribution in [2.75, 3.05) is 7.11 Å². The molecule has 4 N–H and O–H groups in total. The van der Waals surface area contributed by atoms with Crippen LogP contribution in [0.5, 0.6) is 5.75 Å². The number of carbonyl (C=O) groups is 2. The third-order valence-corrected chi connectivity index (χ3v) is 4.68. The number of carboxylic acid groups (broad SMARTS) is 2. The second-order valence-electron chi connectivity index (χ2n) is 6.96. The Bertz CT molecular complexity index is 851. The van der Waals surface area contributed by atoms with Crippen molar-refractivity contribution >= 4 is 22.8 Å². The van der Waals surface area contributed by atoms with E-state index in [1.54, 1.807) is 7.11 Å². The fraction of sp³-hybridized carbons (Fsp3) is 0.429. The predicted molar refractivity (Wildman–Crippen MR) is 108 cm³/mol. The minimum Gasteiger partial charge on any atom is -0.497 e. The van der Waals surface area contributed by atoms with Gasteiger partial charge >= 0.3 is 11.9 Å². The fourth-order valence-corrected chi connectivity index (χ4v) is 3.56. The molecule has 0 bridgehead atoms. The average molecular weight is 388 g/mol. The van der Waals surface area contributed by atoms with E-state index in [-0.39, 0.29) is 6.04 Å². The number of fused-ring (bicyclic) bond motifs is 3. The molecule has 1 aliphatic rings. The smallest absolute Gasteiger partial charge is 0.328 e. The van der Waals surface area contributed by atoms with E-state index in [2.05, 4.69) is 29.7 Å². The lowest BCUT2D eigenvalue weighted by Crippen LogP contribution is -2.18. The molecule has 0 radical (unpaired) electrons. The van der Waals surface area contributed by atoms with Gasteiger partial charge in [0.25, 0.3) is 0 Å². The number of nitrogens with two attached hydrogens (primary N) is 1. The Morgan fingerprint density at radius 1 is 1.21 bits per heavy atom. The second-order valence-corrected chi connectivity index (χ2v) is 6.96. The first-order valence-electron chi connectivity index (χ1n) is 9.41. The topological polar surface area (TPSA) is 115 Å². The third kappa shape index (κ3) is 5.60. The van der Waals surface area contributed by atoms with E-state index in [0.717, 1.165) is 18.7 Å². The zero-order valence-electron chi connectivity index (χ0n) is 16.4. The summed E-state index contributed by atoms with van der Waals surface area (Å²) in [6.45, 7) is 3.23. The minimum absolute atomic E-state index is 0.194. The molecule has 0 fully saturated rings. The highest BCUT2D eigenvalue weighted by atomic mass is 16.5. The van der Waals surface area contributed by atoms with E-state index >= 15 is 0 Å². The van der Waals surface area contributed by atoms with Gasteiger partial charge in [-0.05, 0) is 56.4 Å². The Hall–Kier alpha value is -2.80. The Kier molecular flexibility index (Phi) is 7.63. The van der Waals surface area contributed by atoms with Crippen molar-refractivity contribution in [3.05, 3.63) is 41.6 Å². The predicted octanol–water partition coefficient (Wildman–Crippen LogP) is 2.98. The molecule has 0 aliphatic carbocycles. The van der Waals surface area contributed by atoms with Crippen LogP contribution in [0.1, 0.15) is 37.4 Å². The first-order chi connectivity index (χ1) is 13.3. The summed E-state index contributed by atoms with van der Waals surface area (Å²) in [5.41, 5.74) is 10.4. The largest absolute Gasteiger partial charge is 0.497 e. The molecule has 7 nitrogen and oxygen atoms in total. The molecule has 1 aromatic heterocycles. The van der Waals surface area contributed by atoms with Gasteiger partial charge in [0.15, 0.2) is 0 Å². The summed E-state index contributed by atoms with van der Waals surface area (Å²) in [7, 11) is 1.73. The van der Waals surface area contributed by atoms with E-state index in [4.69, 9.17) is 20.7 Å². The monoisotopic (exact) mass is 388 g/mol. The maximum atomic E-state index is 9.55. The van der Waals surface area contributed by atoms with Gasteiger partial charge in [-0.2, -0.15) is 0 Å². The molecule has 1 aromatic carbocycles. The van der Waals surface area contributed by atoms with Gasteiger partial charge in [-0.25, -0.2) is 9.59 Å². The Balaban J connectivity index is 0.000000300. The zero-order valence-corrected chi connectivity index (χ0v) is 16.4. The molecule has 0 saturated carbocycles. The Labute approximate surface area is 164 Å². The first-order valence-corrected chi connectivity index (χ1v) is 9.41. The number of aryl methyl sites for hydroxylation is 1. The van der Waals surface area contributed by atoms with Gasteiger partial charge in [0, 0.05) is 41.3 Å². The summed E-state index contributed by atoms with van der Waals surface area (Å²) >= 11 is 0. The summed E-state index contributed by atoms with van der Waals surface area (Å²) in [5, 5.41) is 17.0. The van der Waals surface area contributed by atoms with Crippen LogP contribution >= 0.6 is 0 Å². The van der Waals surface area contributed by atoms with Crippen molar-refractivity contribution in [1.29, 1.82) is 0 Å². The van der Waals surface area contributed by atoms with Gasteiger partial charge in [-0.3, -0.25) is 0 Å². The number of aliphatic carboxylic acids is 2. The highest BCUT2D eigenvalue weighted by Crippen LogP contribution is 2.33. The molecule has 7 heteroatoms. The number of methoxy groups -OCH3 is 1. The molecular formula is C21H28N2O5. The molecule has 2 aromatic rings. The number of rotatable bonds is 5. The molecule has 1 aliphatic heterocycles. The van der Waals surface area contributed by atoms with E-state index in [1.165, 1.54) is 47.8 Å². The van der Waals surface area contributed by atoms with Crippen molar-refractivity contribution in [2.45, 2.75) is 51.6 Å². The molecule has 0 spiro atoms. The van der Waals surface area contributed by atoms with E-state index in [0.29, 0.717) is 12.2 Å². The van der Waals surface area contributed by atoms with Gasteiger partial charge in [-0.15, -0.1) is 0 Å². The molecule has 152 valence electrons. The number of aromatic nitrogens is 1. The van der Waals surface area contributed by atoms with Crippen LogP contribution in [0.15, 0.2) is 30.4 Å². The van der Waals surface area contributed by atoms with Crippen LogP contribution in [0, 0.1) is 0 Å². The van der Waals surface area contributed by atoms with E-state index in [1.807, 2.05) is 0 Å². The van der Waals surface area contributed by atoms with Gasteiger partial charge in [-0.1, -0.05) is 6.42 Å². The lowest BCUT2D eigenvalue weighted by Gasteiger charge is -2.09.